The molecule has 27 heavy (non-hydrogen) atoms. The first kappa shape index (κ1) is 18.4. The monoisotopic (exact) mass is 377 g/mol. The summed E-state index contributed by atoms with van der Waals surface area (Å²) in [5.41, 5.74) is 5.89. The van der Waals surface area contributed by atoms with Gasteiger partial charge in [0.1, 0.15) is 11.6 Å². The first-order chi connectivity index (χ1) is 13.0. The SMILES string of the molecule is Cc1cc(C=NNc2nc(-c3ccccc3)c(C#N)c(=O)[nH]2)cc(C)c1Cl. The van der Waals surface area contributed by atoms with E-state index in [1.165, 1.54) is 0 Å². The van der Waals surface area contributed by atoms with Crippen molar-refractivity contribution in [1.29, 1.82) is 5.26 Å². The molecule has 6 nitrogen and oxygen atoms in total. The van der Waals surface area contributed by atoms with E-state index in [4.69, 9.17) is 11.6 Å². The van der Waals surface area contributed by atoms with E-state index in [1.807, 2.05) is 50.2 Å². The van der Waals surface area contributed by atoms with Gasteiger partial charge >= 0.3 is 0 Å². The number of hydrogen-bond acceptors (Lipinski definition) is 5. The second-order valence-electron chi connectivity index (χ2n) is 5.95. The van der Waals surface area contributed by atoms with Gasteiger partial charge in [0, 0.05) is 10.6 Å². The summed E-state index contributed by atoms with van der Waals surface area (Å²) in [5.74, 6) is 0.150. The molecule has 0 aliphatic heterocycles. The van der Waals surface area contributed by atoms with Crippen LogP contribution in [0.3, 0.4) is 0 Å². The fourth-order valence-corrected chi connectivity index (χ4v) is 2.77. The maximum absolute atomic E-state index is 12.2. The number of H-pyrrole nitrogens is 1. The predicted octanol–water partition coefficient (Wildman–Crippen LogP) is 4.02. The molecule has 3 rings (SSSR count). The van der Waals surface area contributed by atoms with E-state index >= 15 is 0 Å². The summed E-state index contributed by atoms with van der Waals surface area (Å²) in [6.45, 7) is 3.85. The van der Waals surface area contributed by atoms with Crippen LogP contribution in [0.2, 0.25) is 5.02 Å². The van der Waals surface area contributed by atoms with Gasteiger partial charge in [0.05, 0.1) is 11.9 Å². The Kier molecular flexibility index (Phi) is 5.34. The van der Waals surface area contributed by atoms with Crippen LogP contribution in [0, 0.1) is 25.2 Å². The summed E-state index contributed by atoms with van der Waals surface area (Å²) >= 11 is 6.16. The summed E-state index contributed by atoms with van der Waals surface area (Å²) in [4.78, 5) is 19.1. The van der Waals surface area contributed by atoms with Crippen molar-refractivity contribution in [3.05, 3.63) is 80.1 Å². The Morgan fingerprint density at radius 3 is 2.52 bits per heavy atom. The molecule has 0 aliphatic rings. The highest BCUT2D eigenvalue weighted by molar-refractivity contribution is 6.32. The molecule has 0 radical (unpaired) electrons. The summed E-state index contributed by atoms with van der Waals surface area (Å²) in [6, 6.07) is 14.8. The van der Waals surface area contributed by atoms with E-state index in [0.29, 0.717) is 11.3 Å². The molecule has 0 saturated heterocycles. The maximum atomic E-state index is 12.2. The number of aryl methyl sites for hydroxylation is 2. The maximum Gasteiger partial charge on any atom is 0.270 e. The van der Waals surface area contributed by atoms with Crippen molar-refractivity contribution in [3.8, 4) is 17.3 Å². The lowest BCUT2D eigenvalue weighted by Gasteiger charge is -2.06. The number of aromatic nitrogens is 2. The molecule has 0 saturated carbocycles. The summed E-state index contributed by atoms with van der Waals surface area (Å²) in [6.07, 6.45) is 1.61. The lowest BCUT2D eigenvalue weighted by Crippen LogP contribution is -2.16. The minimum atomic E-state index is -0.526. The molecular formula is C20H16ClN5O. The standard InChI is InChI=1S/C20H16ClN5O/c1-12-8-14(9-13(2)17(12)21)11-23-26-20-24-18(15-6-4-3-5-7-15)16(10-22)19(27)25-20/h3-9,11H,1-2H3,(H2,24,25,26,27). The van der Waals surface area contributed by atoms with E-state index in [9.17, 15) is 10.1 Å². The van der Waals surface area contributed by atoms with Gasteiger partial charge in [-0.05, 0) is 42.7 Å². The molecule has 0 amide bonds. The summed E-state index contributed by atoms with van der Waals surface area (Å²) < 4.78 is 0. The molecule has 134 valence electrons. The van der Waals surface area contributed by atoms with Crippen LogP contribution < -0.4 is 11.0 Å². The quantitative estimate of drug-likeness (QED) is 0.530. The molecular weight excluding hydrogens is 362 g/mol. The number of hydrazone groups is 1. The van der Waals surface area contributed by atoms with Crippen molar-refractivity contribution in [2.75, 3.05) is 5.43 Å². The third-order valence-electron chi connectivity index (χ3n) is 3.92. The largest absolute Gasteiger partial charge is 0.290 e. The van der Waals surface area contributed by atoms with Crippen LogP contribution in [-0.4, -0.2) is 16.2 Å². The van der Waals surface area contributed by atoms with Crippen molar-refractivity contribution in [1.82, 2.24) is 9.97 Å². The normalized spacial score (nSPS) is 10.7. The molecule has 2 N–H and O–H groups in total. The minimum absolute atomic E-state index is 0.0420. The molecule has 2 aromatic carbocycles. The van der Waals surface area contributed by atoms with Gasteiger partial charge in [0.2, 0.25) is 5.95 Å². The average Bonchev–Trinajstić information content (AvgIpc) is 2.66. The number of benzene rings is 2. The van der Waals surface area contributed by atoms with Gasteiger partial charge in [0.15, 0.2) is 0 Å². The first-order valence-electron chi connectivity index (χ1n) is 8.15. The number of nitrogens with zero attached hydrogens (tertiary/aromatic N) is 3. The molecule has 0 atom stereocenters. The smallest absolute Gasteiger partial charge is 0.270 e. The Bertz CT molecular complexity index is 1090. The van der Waals surface area contributed by atoms with E-state index in [1.54, 1.807) is 18.3 Å². The lowest BCUT2D eigenvalue weighted by atomic mass is 10.1. The van der Waals surface area contributed by atoms with Crippen molar-refractivity contribution in [2.24, 2.45) is 5.10 Å². The number of nitrogens with one attached hydrogen (secondary N) is 2. The molecule has 0 unspecified atom stereocenters. The third-order valence-corrected chi connectivity index (χ3v) is 4.52. The zero-order chi connectivity index (χ0) is 19.4. The van der Waals surface area contributed by atoms with Gasteiger partial charge in [-0.3, -0.25) is 9.78 Å². The van der Waals surface area contributed by atoms with Gasteiger partial charge < -0.3 is 0 Å². The highest BCUT2D eigenvalue weighted by Gasteiger charge is 2.12. The molecule has 0 bridgehead atoms. The fourth-order valence-electron chi connectivity index (χ4n) is 2.66. The van der Waals surface area contributed by atoms with E-state index in [2.05, 4.69) is 20.5 Å². The molecule has 1 aromatic heterocycles. The second-order valence-corrected chi connectivity index (χ2v) is 6.33. The third kappa shape index (κ3) is 4.05. The van der Waals surface area contributed by atoms with Crippen LogP contribution in [0.1, 0.15) is 22.3 Å². The van der Waals surface area contributed by atoms with Gasteiger partial charge in [-0.2, -0.15) is 10.4 Å². The van der Waals surface area contributed by atoms with Crippen LogP contribution >= 0.6 is 11.6 Å². The summed E-state index contributed by atoms with van der Waals surface area (Å²) in [5, 5.41) is 14.1. The fraction of sp³-hybridized carbons (Fsp3) is 0.100. The summed E-state index contributed by atoms with van der Waals surface area (Å²) in [7, 11) is 0. The van der Waals surface area contributed by atoms with Crippen LogP contribution in [0.5, 0.6) is 0 Å². The van der Waals surface area contributed by atoms with Crippen molar-refractivity contribution >= 4 is 23.8 Å². The lowest BCUT2D eigenvalue weighted by molar-refractivity contribution is 1.08. The van der Waals surface area contributed by atoms with E-state index in [0.717, 1.165) is 21.7 Å². The van der Waals surface area contributed by atoms with E-state index < -0.39 is 5.56 Å². The van der Waals surface area contributed by atoms with Crippen LogP contribution in [-0.2, 0) is 0 Å². The average molecular weight is 378 g/mol. The number of aromatic amines is 1. The van der Waals surface area contributed by atoms with E-state index in [-0.39, 0.29) is 11.5 Å². The highest BCUT2D eigenvalue weighted by Crippen LogP contribution is 2.21. The van der Waals surface area contributed by atoms with Crippen LogP contribution in [0.4, 0.5) is 5.95 Å². The number of hydrogen-bond donors (Lipinski definition) is 2. The Morgan fingerprint density at radius 2 is 1.89 bits per heavy atom. The van der Waals surface area contributed by atoms with Crippen molar-refractivity contribution in [3.63, 3.8) is 0 Å². The minimum Gasteiger partial charge on any atom is -0.290 e. The molecule has 0 spiro atoms. The second kappa shape index (κ2) is 7.85. The molecule has 0 fully saturated rings. The van der Waals surface area contributed by atoms with Gasteiger partial charge in [-0.15, -0.1) is 0 Å². The number of rotatable bonds is 4. The first-order valence-corrected chi connectivity index (χ1v) is 8.53. The molecule has 1 heterocycles. The molecule has 3 aromatic rings. The van der Waals surface area contributed by atoms with Crippen LogP contribution in [0.25, 0.3) is 11.3 Å². The Morgan fingerprint density at radius 1 is 1.22 bits per heavy atom. The van der Waals surface area contributed by atoms with Crippen molar-refractivity contribution < 1.29 is 0 Å². The zero-order valence-corrected chi connectivity index (χ0v) is 15.5. The molecule has 0 aliphatic carbocycles. The van der Waals surface area contributed by atoms with Gasteiger partial charge in [-0.25, -0.2) is 10.4 Å². The Labute approximate surface area is 161 Å². The highest BCUT2D eigenvalue weighted by atomic mass is 35.5. The van der Waals surface area contributed by atoms with Crippen LogP contribution in [0.15, 0.2) is 52.4 Å². The Hall–Kier alpha value is -3.43. The van der Waals surface area contributed by atoms with Crippen molar-refractivity contribution in [2.45, 2.75) is 13.8 Å². The number of anilines is 1. The predicted molar refractivity (Wildman–Crippen MR) is 107 cm³/mol. The topological polar surface area (TPSA) is 93.9 Å². The molecule has 7 heteroatoms. The zero-order valence-electron chi connectivity index (χ0n) is 14.7. The number of nitriles is 1. The van der Waals surface area contributed by atoms with Gasteiger partial charge in [0.25, 0.3) is 5.56 Å². The number of halogens is 1. The Balaban J connectivity index is 1.91. The van der Waals surface area contributed by atoms with Gasteiger partial charge in [-0.1, -0.05) is 41.9 Å².